The third kappa shape index (κ3) is 3.43. The monoisotopic (exact) mass is 316 g/mol. The molecule has 0 aliphatic rings. The van der Waals surface area contributed by atoms with Crippen molar-refractivity contribution in [1.82, 2.24) is 4.98 Å². The molecule has 1 amide bonds. The zero-order valence-electron chi connectivity index (χ0n) is 10.3. The van der Waals surface area contributed by atoms with E-state index in [1.807, 2.05) is 0 Å². The summed E-state index contributed by atoms with van der Waals surface area (Å²) in [7, 11) is 0. The first-order chi connectivity index (χ1) is 9.79. The molecule has 2 aromatic rings. The van der Waals surface area contributed by atoms with Crippen molar-refractivity contribution in [3.63, 3.8) is 0 Å². The molecule has 0 bridgehead atoms. The molecule has 0 spiro atoms. The van der Waals surface area contributed by atoms with Crippen LogP contribution in [0.3, 0.4) is 0 Å². The minimum absolute atomic E-state index is 0.0158. The second-order valence-electron chi connectivity index (χ2n) is 4.07. The summed E-state index contributed by atoms with van der Waals surface area (Å²) in [6, 6.07) is 3.67. The van der Waals surface area contributed by atoms with Crippen molar-refractivity contribution in [2.75, 3.05) is 5.32 Å². The largest absolute Gasteiger partial charge is 0.416 e. The van der Waals surface area contributed by atoms with E-state index in [0.29, 0.717) is 6.07 Å². The van der Waals surface area contributed by atoms with Crippen molar-refractivity contribution in [3.8, 4) is 0 Å². The number of hydrogen-bond donors (Lipinski definition) is 2. The summed E-state index contributed by atoms with van der Waals surface area (Å²) in [5.41, 5.74) is -1.64. The number of carbonyl (C=O) groups excluding carboxylic acids is 1. The predicted molar refractivity (Wildman–Crippen MR) is 71.5 cm³/mol. The van der Waals surface area contributed by atoms with Crippen LogP contribution >= 0.6 is 11.6 Å². The number of benzene rings is 1. The topological polar surface area (TPSA) is 62.0 Å². The molecule has 0 saturated carbocycles. The number of halogens is 4. The molecule has 1 aromatic carbocycles. The molecule has 0 atom stereocenters. The van der Waals surface area contributed by atoms with E-state index in [0.717, 1.165) is 18.2 Å². The highest BCUT2D eigenvalue weighted by Gasteiger charge is 2.31. The highest BCUT2D eigenvalue weighted by Crippen LogP contribution is 2.33. The molecule has 0 aliphatic heterocycles. The number of rotatable bonds is 2. The summed E-state index contributed by atoms with van der Waals surface area (Å²) in [6.07, 6.45) is -1.98. The lowest BCUT2D eigenvalue weighted by molar-refractivity contribution is -0.137. The van der Waals surface area contributed by atoms with Gasteiger partial charge in [-0.05, 0) is 18.2 Å². The number of carbonyl (C=O) groups is 1. The molecule has 21 heavy (non-hydrogen) atoms. The molecule has 1 aromatic heterocycles. The van der Waals surface area contributed by atoms with Crippen molar-refractivity contribution in [3.05, 3.63) is 63.0 Å². The van der Waals surface area contributed by atoms with Gasteiger partial charge < -0.3 is 10.3 Å². The Hall–Kier alpha value is -2.28. The van der Waals surface area contributed by atoms with Gasteiger partial charge in [-0.2, -0.15) is 13.2 Å². The van der Waals surface area contributed by atoms with E-state index in [9.17, 15) is 22.8 Å². The molecule has 2 rings (SSSR count). The number of amides is 1. The molecule has 110 valence electrons. The summed E-state index contributed by atoms with van der Waals surface area (Å²) in [5, 5.41) is 2.02. The Balaban J connectivity index is 2.27. The SMILES string of the molecule is O=C(Nc1ccc(C(F)(F)F)cc1Cl)c1c[nH]ccc1=O. The number of aromatic amines is 1. The maximum atomic E-state index is 12.5. The van der Waals surface area contributed by atoms with E-state index in [1.54, 1.807) is 0 Å². The number of alkyl halides is 3. The fraction of sp³-hybridized carbons (Fsp3) is 0.0769. The van der Waals surface area contributed by atoms with Crippen LogP contribution in [0, 0.1) is 0 Å². The lowest BCUT2D eigenvalue weighted by Crippen LogP contribution is -2.21. The molecule has 0 radical (unpaired) electrons. The number of H-pyrrole nitrogens is 1. The van der Waals surface area contributed by atoms with Gasteiger partial charge in [0.1, 0.15) is 5.56 Å². The average Bonchev–Trinajstić information content (AvgIpc) is 2.40. The van der Waals surface area contributed by atoms with Crippen LogP contribution in [0.4, 0.5) is 18.9 Å². The first-order valence-electron chi connectivity index (χ1n) is 5.64. The third-order valence-electron chi connectivity index (χ3n) is 2.61. The van der Waals surface area contributed by atoms with Crippen molar-refractivity contribution in [2.45, 2.75) is 6.18 Å². The van der Waals surface area contributed by atoms with Gasteiger partial charge in [-0.1, -0.05) is 11.6 Å². The van der Waals surface area contributed by atoms with Crippen molar-refractivity contribution in [2.24, 2.45) is 0 Å². The Morgan fingerprint density at radius 3 is 2.52 bits per heavy atom. The zero-order valence-corrected chi connectivity index (χ0v) is 11.0. The van der Waals surface area contributed by atoms with Crippen molar-refractivity contribution >= 4 is 23.2 Å². The highest BCUT2D eigenvalue weighted by atomic mass is 35.5. The average molecular weight is 317 g/mol. The molecule has 0 unspecified atom stereocenters. The van der Waals surface area contributed by atoms with Crippen LogP contribution in [0.5, 0.6) is 0 Å². The first-order valence-corrected chi connectivity index (χ1v) is 6.02. The van der Waals surface area contributed by atoms with Crippen molar-refractivity contribution < 1.29 is 18.0 Å². The lowest BCUT2D eigenvalue weighted by atomic mass is 10.2. The lowest BCUT2D eigenvalue weighted by Gasteiger charge is -2.10. The third-order valence-corrected chi connectivity index (χ3v) is 2.93. The molecule has 0 fully saturated rings. The second-order valence-corrected chi connectivity index (χ2v) is 4.48. The number of nitrogens with one attached hydrogen (secondary N) is 2. The van der Waals surface area contributed by atoms with Gasteiger partial charge >= 0.3 is 6.18 Å². The van der Waals surface area contributed by atoms with E-state index in [1.165, 1.54) is 12.4 Å². The number of hydrogen-bond acceptors (Lipinski definition) is 2. The van der Waals surface area contributed by atoms with Crippen molar-refractivity contribution in [1.29, 1.82) is 0 Å². The molecular weight excluding hydrogens is 309 g/mol. The normalized spacial score (nSPS) is 11.2. The van der Waals surface area contributed by atoms with E-state index in [4.69, 9.17) is 11.6 Å². The minimum atomic E-state index is -4.53. The fourth-order valence-electron chi connectivity index (χ4n) is 1.58. The Labute approximate surface area is 121 Å². The Bertz CT molecular complexity index is 741. The van der Waals surface area contributed by atoms with Crippen LogP contribution in [0.2, 0.25) is 5.02 Å². The maximum absolute atomic E-state index is 12.5. The van der Waals surface area contributed by atoms with Gasteiger partial charge in [0.2, 0.25) is 0 Å². The summed E-state index contributed by atoms with van der Waals surface area (Å²) in [4.78, 5) is 25.9. The standard InChI is InChI=1S/C13H8ClF3N2O2/c14-9-5-7(13(15,16)17)1-2-10(9)19-12(21)8-6-18-4-3-11(8)20/h1-6H,(H,18,20)(H,19,21). The maximum Gasteiger partial charge on any atom is 0.416 e. The molecule has 0 aliphatic carbocycles. The first kappa shape index (κ1) is 15.1. The van der Waals surface area contributed by atoms with Gasteiger partial charge in [0.05, 0.1) is 16.3 Å². The van der Waals surface area contributed by atoms with E-state index >= 15 is 0 Å². The number of aromatic nitrogens is 1. The van der Waals surface area contributed by atoms with Gasteiger partial charge in [-0.15, -0.1) is 0 Å². The quantitative estimate of drug-likeness (QED) is 0.893. The second kappa shape index (κ2) is 5.61. The summed E-state index contributed by atoms with van der Waals surface area (Å²) in [5.74, 6) is -0.765. The van der Waals surface area contributed by atoms with E-state index in [2.05, 4.69) is 10.3 Å². The number of pyridine rings is 1. The Kier molecular flexibility index (Phi) is 4.04. The van der Waals surface area contributed by atoms with Crippen LogP contribution in [-0.4, -0.2) is 10.9 Å². The minimum Gasteiger partial charge on any atom is -0.367 e. The number of anilines is 1. The van der Waals surface area contributed by atoms with Gasteiger partial charge in [0, 0.05) is 18.5 Å². The van der Waals surface area contributed by atoms with E-state index < -0.39 is 23.1 Å². The van der Waals surface area contributed by atoms with Crippen LogP contribution in [0.15, 0.2) is 41.5 Å². The van der Waals surface area contributed by atoms with Gasteiger partial charge in [0.15, 0.2) is 5.43 Å². The molecule has 1 heterocycles. The Morgan fingerprint density at radius 1 is 1.24 bits per heavy atom. The fourth-order valence-corrected chi connectivity index (χ4v) is 1.80. The molecule has 4 nitrogen and oxygen atoms in total. The van der Waals surface area contributed by atoms with Gasteiger partial charge in [-0.3, -0.25) is 9.59 Å². The van der Waals surface area contributed by atoms with Crippen LogP contribution < -0.4 is 10.7 Å². The van der Waals surface area contributed by atoms with Crippen LogP contribution in [0.25, 0.3) is 0 Å². The summed E-state index contributed by atoms with van der Waals surface area (Å²) < 4.78 is 37.5. The molecular formula is C13H8ClF3N2O2. The predicted octanol–water partition coefficient (Wildman–Crippen LogP) is 3.30. The van der Waals surface area contributed by atoms with E-state index in [-0.39, 0.29) is 16.3 Å². The van der Waals surface area contributed by atoms with Crippen LogP contribution in [-0.2, 0) is 6.18 Å². The zero-order chi connectivity index (χ0) is 15.6. The molecule has 8 heteroatoms. The summed E-state index contributed by atoms with van der Waals surface area (Å²) >= 11 is 5.71. The Morgan fingerprint density at radius 2 is 1.95 bits per heavy atom. The summed E-state index contributed by atoms with van der Waals surface area (Å²) in [6.45, 7) is 0. The molecule has 0 saturated heterocycles. The highest BCUT2D eigenvalue weighted by molar-refractivity contribution is 6.34. The van der Waals surface area contributed by atoms with Gasteiger partial charge in [0.25, 0.3) is 5.91 Å². The van der Waals surface area contributed by atoms with Gasteiger partial charge in [-0.25, -0.2) is 0 Å². The van der Waals surface area contributed by atoms with Crippen LogP contribution in [0.1, 0.15) is 15.9 Å². The smallest absolute Gasteiger partial charge is 0.367 e. The molecule has 2 N–H and O–H groups in total.